The van der Waals surface area contributed by atoms with Gasteiger partial charge in [0, 0.05) is 24.2 Å². The van der Waals surface area contributed by atoms with Gasteiger partial charge in [-0.2, -0.15) is 0 Å². The Morgan fingerprint density at radius 3 is 2.44 bits per heavy atom. The first-order chi connectivity index (χ1) is 7.67. The van der Waals surface area contributed by atoms with Crippen LogP contribution in [-0.2, 0) is 0 Å². The maximum absolute atomic E-state index is 11.4. The number of benzene rings is 1. The summed E-state index contributed by atoms with van der Waals surface area (Å²) in [7, 11) is 0. The quantitative estimate of drug-likeness (QED) is 0.725. The van der Waals surface area contributed by atoms with E-state index in [1.807, 2.05) is 38.1 Å². The van der Waals surface area contributed by atoms with Crippen LogP contribution in [0.25, 0.3) is 0 Å². The van der Waals surface area contributed by atoms with Gasteiger partial charge in [0.25, 0.3) is 0 Å². The monoisotopic (exact) mass is 221 g/mol. The number of ketones is 1. The SMILES string of the molecule is CCC(=O)c1ccc(NCC(O)CC)cc1. The van der Waals surface area contributed by atoms with Crippen molar-refractivity contribution in [1.82, 2.24) is 0 Å². The minimum atomic E-state index is -0.322. The predicted molar refractivity (Wildman–Crippen MR) is 65.9 cm³/mol. The van der Waals surface area contributed by atoms with Gasteiger partial charge in [-0.25, -0.2) is 0 Å². The van der Waals surface area contributed by atoms with Crippen molar-refractivity contribution in [3.05, 3.63) is 29.8 Å². The molecule has 1 aromatic rings. The highest BCUT2D eigenvalue weighted by atomic mass is 16.3. The molecule has 0 aliphatic carbocycles. The van der Waals surface area contributed by atoms with Gasteiger partial charge in [0.15, 0.2) is 5.78 Å². The number of anilines is 1. The summed E-state index contributed by atoms with van der Waals surface area (Å²) < 4.78 is 0. The average Bonchev–Trinajstić information content (AvgIpc) is 2.35. The van der Waals surface area contributed by atoms with E-state index in [4.69, 9.17) is 0 Å². The molecule has 0 amide bonds. The second kappa shape index (κ2) is 6.28. The van der Waals surface area contributed by atoms with E-state index >= 15 is 0 Å². The van der Waals surface area contributed by atoms with Gasteiger partial charge in [0.05, 0.1) is 6.10 Å². The molecule has 0 aliphatic rings. The molecule has 0 saturated heterocycles. The minimum absolute atomic E-state index is 0.153. The predicted octanol–water partition coefficient (Wildman–Crippen LogP) is 2.46. The molecule has 1 rings (SSSR count). The van der Waals surface area contributed by atoms with E-state index in [0.717, 1.165) is 17.7 Å². The van der Waals surface area contributed by atoms with Gasteiger partial charge >= 0.3 is 0 Å². The van der Waals surface area contributed by atoms with E-state index in [1.165, 1.54) is 0 Å². The Morgan fingerprint density at radius 1 is 1.31 bits per heavy atom. The fourth-order valence-corrected chi connectivity index (χ4v) is 1.36. The summed E-state index contributed by atoms with van der Waals surface area (Å²) in [5, 5.41) is 12.5. The number of hydrogen-bond donors (Lipinski definition) is 2. The van der Waals surface area contributed by atoms with Crippen molar-refractivity contribution in [1.29, 1.82) is 0 Å². The Kier molecular flexibility index (Phi) is 4.99. The molecule has 0 radical (unpaired) electrons. The molecule has 1 aromatic carbocycles. The Bertz CT molecular complexity index is 332. The van der Waals surface area contributed by atoms with Gasteiger partial charge in [0.2, 0.25) is 0 Å². The number of aliphatic hydroxyl groups excluding tert-OH is 1. The fourth-order valence-electron chi connectivity index (χ4n) is 1.36. The third-order valence-electron chi connectivity index (χ3n) is 2.54. The highest BCUT2D eigenvalue weighted by Crippen LogP contribution is 2.11. The smallest absolute Gasteiger partial charge is 0.162 e. The van der Waals surface area contributed by atoms with Gasteiger partial charge in [-0.15, -0.1) is 0 Å². The molecular weight excluding hydrogens is 202 g/mol. The molecule has 0 aromatic heterocycles. The van der Waals surface area contributed by atoms with E-state index in [0.29, 0.717) is 13.0 Å². The van der Waals surface area contributed by atoms with Crippen molar-refractivity contribution in [3.63, 3.8) is 0 Å². The number of nitrogens with one attached hydrogen (secondary N) is 1. The first-order valence-electron chi connectivity index (χ1n) is 5.72. The lowest BCUT2D eigenvalue weighted by Gasteiger charge is -2.10. The maximum Gasteiger partial charge on any atom is 0.162 e. The number of carbonyl (C=O) groups is 1. The van der Waals surface area contributed by atoms with Gasteiger partial charge in [-0.1, -0.05) is 13.8 Å². The molecule has 3 nitrogen and oxygen atoms in total. The van der Waals surface area contributed by atoms with E-state index < -0.39 is 0 Å². The van der Waals surface area contributed by atoms with Crippen LogP contribution in [0.5, 0.6) is 0 Å². The second-order valence-corrected chi connectivity index (χ2v) is 3.80. The third kappa shape index (κ3) is 3.66. The van der Waals surface area contributed by atoms with Crippen LogP contribution in [0.1, 0.15) is 37.0 Å². The summed E-state index contributed by atoms with van der Waals surface area (Å²) in [4.78, 5) is 11.4. The van der Waals surface area contributed by atoms with Crippen LogP contribution < -0.4 is 5.32 Å². The molecule has 0 heterocycles. The van der Waals surface area contributed by atoms with Crippen LogP contribution in [-0.4, -0.2) is 23.5 Å². The van der Waals surface area contributed by atoms with Crippen LogP contribution in [0.4, 0.5) is 5.69 Å². The van der Waals surface area contributed by atoms with Crippen molar-refractivity contribution in [3.8, 4) is 0 Å². The summed E-state index contributed by atoms with van der Waals surface area (Å²) in [6, 6.07) is 7.36. The van der Waals surface area contributed by atoms with Crippen molar-refractivity contribution >= 4 is 11.5 Å². The molecule has 0 saturated carbocycles. The summed E-state index contributed by atoms with van der Waals surface area (Å²) in [6.45, 7) is 4.33. The summed E-state index contributed by atoms with van der Waals surface area (Å²) in [6.07, 6.45) is 0.942. The van der Waals surface area contributed by atoms with Crippen molar-refractivity contribution < 1.29 is 9.90 Å². The molecule has 1 atom stereocenters. The maximum atomic E-state index is 11.4. The summed E-state index contributed by atoms with van der Waals surface area (Å²) >= 11 is 0. The zero-order valence-corrected chi connectivity index (χ0v) is 9.86. The van der Waals surface area contributed by atoms with E-state index in [1.54, 1.807) is 0 Å². The minimum Gasteiger partial charge on any atom is -0.391 e. The van der Waals surface area contributed by atoms with E-state index in [2.05, 4.69) is 5.32 Å². The lowest BCUT2D eigenvalue weighted by Crippen LogP contribution is -2.18. The summed E-state index contributed by atoms with van der Waals surface area (Å²) in [5.41, 5.74) is 1.67. The van der Waals surface area contributed by atoms with Crippen LogP contribution in [0, 0.1) is 0 Å². The molecular formula is C13H19NO2. The Morgan fingerprint density at radius 2 is 1.94 bits per heavy atom. The number of aliphatic hydroxyl groups is 1. The van der Waals surface area contributed by atoms with Gasteiger partial charge in [0.1, 0.15) is 0 Å². The first kappa shape index (κ1) is 12.7. The molecule has 3 heteroatoms. The van der Waals surface area contributed by atoms with Crippen molar-refractivity contribution in [2.45, 2.75) is 32.8 Å². The molecule has 0 aliphatic heterocycles. The summed E-state index contributed by atoms with van der Waals surface area (Å²) in [5.74, 6) is 0.153. The molecule has 2 N–H and O–H groups in total. The number of Topliss-reactive ketones (excluding diaryl/α,β-unsaturated/α-hetero) is 1. The standard InChI is InChI=1S/C13H19NO2/c1-3-12(15)9-14-11-7-5-10(6-8-11)13(16)4-2/h5-8,12,14-15H,3-4,9H2,1-2H3. The van der Waals surface area contributed by atoms with Gasteiger partial charge < -0.3 is 10.4 Å². The van der Waals surface area contributed by atoms with Crippen molar-refractivity contribution in [2.75, 3.05) is 11.9 Å². The van der Waals surface area contributed by atoms with E-state index in [-0.39, 0.29) is 11.9 Å². The molecule has 1 unspecified atom stereocenters. The number of carbonyl (C=O) groups excluding carboxylic acids is 1. The number of hydrogen-bond acceptors (Lipinski definition) is 3. The molecule has 0 spiro atoms. The first-order valence-corrected chi connectivity index (χ1v) is 5.72. The highest BCUT2D eigenvalue weighted by molar-refractivity contribution is 5.96. The van der Waals surface area contributed by atoms with Crippen LogP contribution in [0.3, 0.4) is 0 Å². The van der Waals surface area contributed by atoms with Crippen LogP contribution >= 0.6 is 0 Å². The molecule has 16 heavy (non-hydrogen) atoms. The van der Waals surface area contributed by atoms with Crippen molar-refractivity contribution in [2.24, 2.45) is 0 Å². The Labute approximate surface area is 96.5 Å². The average molecular weight is 221 g/mol. The van der Waals surface area contributed by atoms with E-state index in [9.17, 15) is 9.90 Å². The zero-order chi connectivity index (χ0) is 12.0. The van der Waals surface area contributed by atoms with Gasteiger partial charge in [-0.3, -0.25) is 4.79 Å². The zero-order valence-electron chi connectivity index (χ0n) is 9.86. The largest absolute Gasteiger partial charge is 0.391 e. The normalized spacial score (nSPS) is 12.2. The van der Waals surface area contributed by atoms with Crippen LogP contribution in [0.2, 0.25) is 0 Å². The Hall–Kier alpha value is -1.35. The topological polar surface area (TPSA) is 49.3 Å². The fraction of sp³-hybridized carbons (Fsp3) is 0.462. The van der Waals surface area contributed by atoms with Crippen LogP contribution in [0.15, 0.2) is 24.3 Å². The Balaban J connectivity index is 2.54. The second-order valence-electron chi connectivity index (χ2n) is 3.80. The number of rotatable bonds is 6. The molecule has 0 bridgehead atoms. The lowest BCUT2D eigenvalue weighted by atomic mass is 10.1. The third-order valence-corrected chi connectivity index (χ3v) is 2.54. The van der Waals surface area contributed by atoms with Gasteiger partial charge in [-0.05, 0) is 30.7 Å². The molecule has 0 fully saturated rings. The molecule has 88 valence electrons. The lowest BCUT2D eigenvalue weighted by molar-refractivity contribution is 0.0988. The highest BCUT2D eigenvalue weighted by Gasteiger charge is 2.03.